The number of nitrogens with two attached hydrogens (primary N) is 1. The van der Waals surface area contributed by atoms with E-state index in [1.807, 2.05) is 0 Å². The molecule has 0 saturated heterocycles. The van der Waals surface area contributed by atoms with E-state index in [4.69, 9.17) is 5.73 Å². The highest BCUT2D eigenvalue weighted by Crippen LogP contribution is 1.88. The van der Waals surface area contributed by atoms with Gasteiger partial charge in [-0.3, -0.25) is 4.79 Å². The molecule has 1 radical (unpaired) electrons. The molecule has 0 aromatic carbocycles. The summed E-state index contributed by atoms with van der Waals surface area (Å²) in [5.41, 5.74) is 4.88. The molecule has 0 bridgehead atoms. The molecule has 1 amide bonds. The minimum absolute atomic E-state index is 0.102. The Kier molecular flexibility index (Phi) is 0.997. The highest BCUT2D eigenvalue weighted by atomic mass is 16.3. The summed E-state index contributed by atoms with van der Waals surface area (Å²) in [6.45, 7) is 0. The second kappa shape index (κ2) is 1.65. The number of primary amides is 1. The molecule has 0 aliphatic carbocycles. The normalized spacial score (nSPS) is 9.00. The Morgan fingerprint density at radius 3 is 3.00 bits per heavy atom. The fourth-order valence-electron chi connectivity index (χ4n) is 0.297. The van der Waals surface area contributed by atoms with Gasteiger partial charge in [-0.05, 0) is 0 Å². The number of carbonyl (C=O) groups excluding carboxylic acids is 1. The van der Waals surface area contributed by atoms with Gasteiger partial charge < -0.3 is 10.2 Å². The van der Waals surface area contributed by atoms with E-state index >= 15 is 0 Å². The maximum absolute atomic E-state index is 10.1. The lowest BCUT2D eigenvalue weighted by molar-refractivity contribution is 0.0995. The fraction of sp³-hybridized carbons (Fsp3) is 0. The van der Waals surface area contributed by atoms with Crippen LogP contribution in [0.1, 0.15) is 10.5 Å². The Labute approximate surface area is 45.3 Å². The molecule has 4 nitrogen and oxygen atoms in total. The zero-order valence-corrected chi connectivity index (χ0v) is 3.92. The lowest BCUT2D eigenvalue weighted by Gasteiger charge is -1.77. The van der Waals surface area contributed by atoms with E-state index in [9.17, 15) is 4.79 Å². The molecule has 0 atom stereocenters. The van der Waals surface area contributed by atoms with Gasteiger partial charge in [0, 0.05) is 0 Å². The standard InChI is InChI=1S/C4H3N2O2/c5-4(7)3-1-8-2-6-3/h1H,(H2,5,7). The van der Waals surface area contributed by atoms with Crippen molar-refractivity contribution in [1.29, 1.82) is 0 Å². The van der Waals surface area contributed by atoms with Crippen molar-refractivity contribution in [3.63, 3.8) is 0 Å². The lowest BCUT2D eigenvalue weighted by Crippen LogP contribution is -2.10. The maximum atomic E-state index is 10.1. The van der Waals surface area contributed by atoms with Crippen LogP contribution in [0, 0.1) is 6.39 Å². The van der Waals surface area contributed by atoms with Gasteiger partial charge in [0.15, 0.2) is 5.69 Å². The molecule has 2 N–H and O–H groups in total. The highest BCUT2D eigenvalue weighted by molar-refractivity contribution is 5.90. The predicted octanol–water partition coefficient (Wildman–Crippen LogP) is -0.426. The SMILES string of the molecule is NC(=O)c1co[c]n1. The van der Waals surface area contributed by atoms with Crippen LogP contribution in [-0.2, 0) is 0 Å². The van der Waals surface area contributed by atoms with E-state index in [0.29, 0.717) is 0 Å². The smallest absolute Gasteiger partial charge is 0.284 e. The van der Waals surface area contributed by atoms with Gasteiger partial charge in [0.05, 0.1) is 0 Å². The quantitative estimate of drug-likeness (QED) is 0.534. The van der Waals surface area contributed by atoms with Gasteiger partial charge in [-0.1, -0.05) is 0 Å². The van der Waals surface area contributed by atoms with Crippen molar-refractivity contribution in [2.75, 3.05) is 0 Å². The highest BCUT2D eigenvalue weighted by Gasteiger charge is 2.00. The molecule has 1 heterocycles. The Morgan fingerprint density at radius 2 is 2.75 bits per heavy atom. The fourth-order valence-corrected chi connectivity index (χ4v) is 0.297. The van der Waals surface area contributed by atoms with Crippen molar-refractivity contribution in [2.45, 2.75) is 0 Å². The van der Waals surface area contributed by atoms with Crippen molar-refractivity contribution < 1.29 is 9.21 Å². The van der Waals surface area contributed by atoms with Crippen molar-refractivity contribution in [3.8, 4) is 0 Å². The number of nitrogens with zero attached hydrogens (tertiary/aromatic N) is 1. The third kappa shape index (κ3) is 0.676. The molecule has 0 unspecified atom stereocenters. The molecular weight excluding hydrogens is 108 g/mol. The average molecular weight is 111 g/mol. The summed E-state index contributed by atoms with van der Waals surface area (Å²) in [6, 6.07) is 0. The van der Waals surface area contributed by atoms with Gasteiger partial charge in [-0.25, -0.2) is 0 Å². The van der Waals surface area contributed by atoms with Crippen LogP contribution in [0.4, 0.5) is 0 Å². The van der Waals surface area contributed by atoms with Gasteiger partial charge in [-0.15, -0.1) is 0 Å². The van der Waals surface area contributed by atoms with Crippen LogP contribution in [0.3, 0.4) is 0 Å². The number of amides is 1. The van der Waals surface area contributed by atoms with Gasteiger partial charge in [0.25, 0.3) is 12.3 Å². The molecule has 0 spiro atoms. The van der Waals surface area contributed by atoms with Gasteiger partial charge in [-0.2, -0.15) is 4.98 Å². The number of oxazole rings is 1. The third-order valence-corrected chi connectivity index (χ3v) is 0.642. The number of hydrogen-bond acceptors (Lipinski definition) is 3. The first-order valence-corrected chi connectivity index (χ1v) is 1.92. The van der Waals surface area contributed by atoms with E-state index in [1.54, 1.807) is 0 Å². The van der Waals surface area contributed by atoms with Crippen LogP contribution >= 0.6 is 0 Å². The summed E-state index contributed by atoms with van der Waals surface area (Å²) in [7, 11) is 0. The molecule has 1 rings (SSSR count). The third-order valence-electron chi connectivity index (χ3n) is 0.642. The van der Waals surface area contributed by atoms with Crippen LogP contribution in [0.2, 0.25) is 0 Å². The topological polar surface area (TPSA) is 69.1 Å². The molecule has 8 heavy (non-hydrogen) atoms. The van der Waals surface area contributed by atoms with Gasteiger partial charge in [0.2, 0.25) is 0 Å². The van der Waals surface area contributed by atoms with Crippen LogP contribution < -0.4 is 5.73 Å². The maximum Gasteiger partial charge on any atom is 0.284 e. The number of hydrogen-bond donors (Lipinski definition) is 1. The van der Waals surface area contributed by atoms with E-state index in [2.05, 4.69) is 15.8 Å². The Bertz CT molecular complexity index is 180. The molecule has 1 aromatic rings. The first-order valence-electron chi connectivity index (χ1n) is 1.92. The predicted molar refractivity (Wildman–Crippen MR) is 23.9 cm³/mol. The van der Waals surface area contributed by atoms with Crippen LogP contribution in [0.25, 0.3) is 0 Å². The second-order valence-corrected chi connectivity index (χ2v) is 1.19. The van der Waals surface area contributed by atoms with Crippen molar-refractivity contribution in [2.24, 2.45) is 5.73 Å². The van der Waals surface area contributed by atoms with E-state index in [0.717, 1.165) is 6.26 Å². The molecule has 0 aliphatic rings. The zero-order chi connectivity index (χ0) is 5.98. The Morgan fingerprint density at radius 1 is 2.00 bits per heavy atom. The lowest BCUT2D eigenvalue weighted by atomic mass is 10.5. The largest absolute Gasteiger partial charge is 0.440 e. The summed E-state index contributed by atoms with van der Waals surface area (Å²) in [5.74, 6) is -0.602. The Hall–Kier alpha value is -1.32. The zero-order valence-electron chi connectivity index (χ0n) is 3.92. The molecule has 41 valence electrons. The minimum Gasteiger partial charge on any atom is -0.440 e. The molecule has 4 heteroatoms. The van der Waals surface area contributed by atoms with E-state index in [-0.39, 0.29) is 5.69 Å². The summed E-state index contributed by atoms with van der Waals surface area (Å²) >= 11 is 0. The average Bonchev–Trinajstić information content (AvgIpc) is 2.12. The second-order valence-electron chi connectivity index (χ2n) is 1.19. The summed E-state index contributed by atoms with van der Waals surface area (Å²) in [4.78, 5) is 13.5. The van der Waals surface area contributed by atoms with Crippen molar-refractivity contribution >= 4 is 5.91 Å². The van der Waals surface area contributed by atoms with Crippen LogP contribution in [0.5, 0.6) is 0 Å². The molecule has 0 aliphatic heterocycles. The van der Waals surface area contributed by atoms with E-state index < -0.39 is 5.91 Å². The van der Waals surface area contributed by atoms with E-state index in [1.165, 1.54) is 0 Å². The van der Waals surface area contributed by atoms with Crippen LogP contribution in [0.15, 0.2) is 10.7 Å². The van der Waals surface area contributed by atoms with Gasteiger partial charge >= 0.3 is 0 Å². The molecule has 0 saturated carbocycles. The Balaban J connectivity index is 2.93. The summed E-state index contributed by atoms with van der Waals surface area (Å²) in [5, 5.41) is 0. The molecule has 1 aromatic heterocycles. The first-order chi connectivity index (χ1) is 3.80. The minimum atomic E-state index is -0.602. The van der Waals surface area contributed by atoms with Gasteiger partial charge in [0.1, 0.15) is 6.26 Å². The van der Waals surface area contributed by atoms with Crippen LogP contribution in [-0.4, -0.2) is 10.9 Å². The number of aromatic nitrogens is 1. The van der Waals surface area contributed by atoms with Crippen molar-refractivity contribution in [1.82, 2.24) is 4.98 Å². The summed E-state index contributed by atoms with van der Waals surface area (Å²) in [6.07, 6.45) is 3.23. The monoisotopic (exact) mass is 111 g/mol. The number of rotatable bonds is 1. The number of carbonyl (C=O) groups is 1. The summed E-state index contributed by atoms with van der Waals surface area (Å²) < 4.78 is 4.34. The molecule has 0 fully saturated rings. The van der Waals surface area contributed by atoms with Crippen molar-refractivity contribution in [3.05, 3.63) is 18.4 Å². The molecular formula is C4H3N2O2. The first kappa shape index (κ1) is 4.83.